The van der Waals surface area contributed by atoms with Gasteiger partial charge in [0.1, 0.15) is 10.6 Å². The number of nitrogens with zero attached hydrogens (tertiary/aromatic N) is 1. The number of hydrogen-bond donors (Lipinski definition) is 1. The van der Waals surface area contributed by atoms with Gasteiger partial charge in [-0.3, -0.25) is 0 Å². The van der Waals surface area contributed by atoms with Gasteiger partial charge >= 0.3 is 0 Å². The predicted molar refractivity (Wildman–Crippen MR) is 82.0 cm³/mol. The Hall–Kier alpha value is -1.79. The van der Waals surface area contributed by atoms with Gasteiger partial charge in [0.15, 0.2) is 0 Å². The van der Waals surface area contributed by atoms with E-state index in [-0.39, 0.29) is 4.90 Å². The van der Waals surface area contributed by atoms with E-state index in [0.29, 0.717) is 18.7 Å². The van der Waals surface area contributed by atoms with E-state index in [4.69, 9.17) is 4.74 Å². The molecule has 6 heteroatoms. The van der Waals surface area contributed by atoms with Gasteiger partial charge in [0.05, 0.1) is 7.11 Å². The van der Waals surface area contributed by atoms with E-state index in [1.807, 2.05) is 43.1 Å². The number of sulfonamides is 1. The van der Waals surface area contributed by atoms with Gasteiger partial charge in [-0.1, -0.05) is 6.07 Å². The molecule has 21 heavy (non-hydrogen) atoms. The Labute approximate surface area is 125 Å². The van der Waals surface area contributed by atoms with Crippen LogP contribution in [0.1, 0.15) is 11.1 Å². The molecule has 0 fully saturated rings. The summed E-state index contributed by atoms with van der Waals surface area (Å²) < 4.78 is 34.4. The van der Waals surface area contributed by atoms with Gasteiger partial charge in [0.2, 0.25) is 10.0 Å². The van der Waals surface area contributed by atoms with Crippen LogP contribution in [0.5, 0.6) is 5.75 Å². The smallest absolute Gasteiger partial charge is 0.244 e. The number of aryl methyl sites for hydroxylation is 2. The molecule has 2 rings (SSSR count). The summed E-state index contributed by atoms with van der Waals surface area (Å²) in [6.45, 7) is 2.20. The van der Waals surface area contributed by atoms with E-state index in [2.05, 4.69) is 4.72 Å². The maximum atomic E-state index is 12.4. The zero-order valence-corrected chi connectivity index (χ0v) is 13.3. The Kier molecular flexibility index (Phi) is 4.69. The molecule has 0 saturated carbocycles. The highest BCUT2D eigenvalue weighted by molar-refractivity contribution is 7.89. The lowest BCUT2D eigenvalue weighted by atomic mass is 10.2. The predicted octanol–water partition coefficient (Wildman–Crippen LogP) is 1.86. The second-order valence-corrected chi connectivity index (χ2v) is 6.72. The fourth-order valence-corrected chi connectivity index (χ4v) is 3.39. The van der Waals surface area contributed by atoms with Crippen LogP contribution >= 0.6 is 0 Å². The molecule has 1 aromatic carbocycles. The zero-order valence-electron chi connectivity index (χ0n) is 12.5. The molecule has 0 aliphatic rings. The molecule has 5 nitrogen and oxygen atoms in total. The van der Waals surface area contributed by atoms with Crippen LogP contribution in [0.3, 0.4) is 0 Å². The van der Waals surface area contributed by atoms with Crippen molar-refractivity contribution in [3.8, 4) is 5.75 Å². The van der Waals surface area contributed by atoms with Crippen LogP contribution in [0, 0.1) is 6.92 Å². The van der Waals surface area contributed by atoms with Crippen molar-refractivity contribution in [3.63, 3.8) is 0 Å². The van der Waals surface area contributed by atoms with Crippen LogP contribution in [0.2, 0.25) is 0 Å². The summed E-state index contributed by atoms with van der Waals surface area (Å²) in [6.07, 6.45) is 4.56. The van der Waals surface area contributed by atoms with Crippen LogP contribution in [-0.4, -0.2) is 26.6 Å². The van der Waals surface area contributed by atoms with E-state index < -0.39 is 10.0 Å². The highest BCUT2D eigenvalue weighted by Gasteiger charge is 2.19. The Balaban J connectivity index is 2.09. The molecule has 0 bridgehead atoms. The molecule has 0 atom stereocenters. The Bertz CT molecular complexity index is 720. The molecule has 0 aliphatic carbocycles. The first-order chi connectivity index (χ1) is 9.92. The van der Waals surface area contributed by atoms with Crippen molar-refractivity contribution < 1.29 is 13.2 Å². The molecular weight excluding hydrogens is 288 g/mol. The van der Waals surface area contributed by atoms with Gasteiger partial charge in [-0.2, -0.15) is 0 Å². The summed E-state index contributed by atoms with van der Waals surface area (Å²) in [4.78, 5) is 0.179. The van der Waals surface area contributed by atoms with Gasteiger partial charge in [-0.15, -0.1) is 0 Å². The zero-order chi connectivity index (χ0) is 15.5. The van der Waals surface area contributed by atoms with Crippen molar-refractivity contribution in [2.45, 2.75) is 18.2 Å². The molecule has 1 N–H and O–H groups in total. The van der Waals surface area contributed by atoms with Crippen LogP contribution in [0.15, 0.2) is 41.6 Å². The van der Waals surface area contributed by atoms with Crippen LogP contribution in [0.4, 0.5) is 0 Å². The number of rotatable bonds is 6. The third-order valence-electron chi connectivity index (χ3n) is 3.21. The van der Waals surface area contributed by atoms with Gasteiger partial charge in [0.25, 0.3) is 0 Å². The van der Waals surface area contributed by atoms with Crippen molar-refractivity contribution in [2.24, 2.45) is 7.05 Å². The summed E-state index contributed by atoms with van der Waals surface area (Å²) in [6, 6.07) is 7.08. The first-order valence-corrected chi connectivity index (χ1v) is 8.16. The molecule has 0 spiro atoms. The van der Waals surface area contributed by atoms with Gasteiger partial charge in [-0.25, -0.2) is 13.1 Å². The van der Waals surface area contributed by atoms with Crippen molar-refractivity contribution in [2.75, 3.05) is 13.7 Å². The van der Waals surface area contributed by atoms with E-state index >= 15 is 0 Å². The molecule has 0 saturated heterocycles. The average Bonchev–Trinajstić information content (AvgIpc) is 2.84. The molecule has 0 unspecified atom stereocenters. The third-order valence-corrected chi connectivity index (χ3v) is 4.69. The number of ether oxygens (including phenoxy) is 1. The van der Waals surface area contributed by atoms with Gasteiger partial charge in [0, 0.05) is 26.0 Å². The minimum absolute atomic E-state index is 0.179. The third kappa shape index (κ3) is 3.86. The van der Waals surface area contributed by atoms with Crippen LogP contribution < -0.4 is 9.46 Å². The van der Waals surface area contributed by atoms with E-state index in [1.165, 1.54) is 7.11 Å². The van der Waals surface area contributed by atoms with E-state index in [1.54, 1.807) is 12.1 Å². The number of hydrogen-bond acceptors (Lipinski definition) is 3. The highest BCUT2D eigenvalue weighted by atomic mass is 32.2. The summed E-state index contributed by atoms with van der Waals surface area (Å²) in [5.41, 5.74) is 1.97. The SMILES string of the molecule is COc1ccc(C)cc1S(=O)(=O)NCCc1ccn(C)c1. The second-order valence-electron chi connectivity index (χ2n) is 4.99. The fourth-order valence-electron chi connectivity index (χ4n) is 2.11. The van der Waals surface area contributed by atoms with Crippen molar-refractivity contribution in [1.82, 2.24) is 9.29 Å². The topological polar surface area (TPSA) is 60.3 Å². The lowest BCUT2D eigenvalue weighted by Crippen LogP contribution is -2.26. The summed E-state index contributed by atoms with van der Waals surface area (Å²) in [7, 11) is -0.169. The minimum Gasteiger partial charge on any atom is -0.495 e. The minimum atomic E-state index is -3.57. The van der Waals surface area contributed by atoms with Gasteiger partial charge in [-0.05, 0) is 42.7 Å². The summed E-state index contributed by atoms with van der Waals surface area (Å²) >= 11 is 0. The molecule has 0 aliphatic heterocycles. The van der Waals surface area contributed by atoms with E-state index in [0.717, 1.165) is 11.1 Å². The first kappa shape index (κ1) is 15.6. The standard InChI is InChI=1S/C15H20N2O3S/c1-12-4-5-14(20-3)15(10-12)21(18,19)16-8-6-13-7-9-17(2)11-13/h4-5,7,9-11,16H,6,8H2,1-3H3. The molecular formula is C15H20N2O3S. The average molecular weight is 308 g/mol. The summed E-state index contributed by atoms with van der Waals surface area (Å²) in [5, 5.41) is 0. The van der Waals surface area contributed by atoms with Crippen LogP contribution in [-0.2, 0) is 23.5 Å². The summed E-state index contributed by atoms with van der Waals surface area (Å²) in [5.74, 6) is 0.354. The maximum absolute atomic E-state index is 12.4. The van der Waals surface area contributed by atoms with Gasteiger partial charge < -0.3 is 9.30 Å². The van der Waals surface area contributed by atoms with E-state index in [9.17, 15) is 8.42 Å². The number of benzene rings is 1. The van der Waals surface area contributed by atoms with Crippen molar-refractivity contribution in [3.05, 3.63) is 47.8 Å². The Morgan fingerprint density at radius 1 is 1.29 bits per heavy atom. The Morgan fingerprint density at radius 2 is 2.05 bits per heavy atom. The first-order valence-electron chi connectivity index (χ1n) is 6.67. The second kappa shape index (κ2) is 6.32. The lowest BCUT2D eigenvalue weighted by molar-refractivity contribution is 0.402. The number of nitrogens with one attached hydrogen (secondary N) is 1. The molecule has 2 aromatic rings. The number of aromatic nitrogens is 1. The molecule has 1 heterocycles. The molecule has 0 amide bonds. The highest BCUT2D eigenvalue weighted by Crippen LogP contribution is 2.24. The Morgan fingerprint density at radius 3 is 2.67 bits per heavy atom. The monoisotopic (exact) mass is 308 g/mol. The number of methoxy groups -OCH3 is 1. The lowest BCUT2D eigenvalue weighted by Gasteiger charge is -2.11. The van der Waals surface area contributed by atoms with Crippen LogP contribution in [0.25, 0.3) is 0 Å². The van der Waals surface area contributed by atoms with Crippen molar-refractivity contribution >= 4 is 10.0 Å². The molecule has 1 aromatic heterocycles. The normalized spacial score (nSPS) is 11.6. The molecule has 0 radical (unpaired) electrons. The molecule has 114 valence electrons. The van der Waals surface area contributed by atoms with Crippen molar-refractivity contribution in [1.29, 1.82) is 0 Å². The fraction of sp³-hybridized carbons (Fsp3) is 0.333. The largest absolute Gasteiger partial charge is 0.495 e. The maximum Gasteiger partial charge on any atom is 0.244 e. The quantitative estimate of drug-likeness (QED) is 0.886.